The van der Waals surface area contributed by atoms with Gasteiger partial charge < -0.3 is 9.67 Å². The number of aldehydes is 1. The van der Waals surface area contributed by atoms with E-state index in [-0.39, 0.29) is 28.9 Å². The summed E-state index contributed by atoms with van der Waals surface area (Å²) in [6, 6.07) is 8.63. The first-order valence-electron chi connectivity index (χ1n) is 8.77. The predicted octanol–water partition coefficient (Wildman–Crippen LogP) is 3.79. The Morgan fingerprint density at radius 2 is 2.04 bits per heavy atom. The Balaban J connectivity index is 0.00000182. The summed E-state index contributed by atoms with van der Waals surface area (Å²) in [4.78, 5) is 13.8. The van der Waals surface area contributed by atoms with E-state index in [9.17, 15) is 9.90 Å². The molecular weight excluding hydrogens is 380 g/mol. The second kappa shape index (κ2) is 7.06. The number of aliphatic hydroxyl groups excluding tert-OH is 1. The number of carbonyl (C=O) groups excluding carboxylic acids is 1. The molecule has 4 nitrogen and oxygen atoms in total. The highest BCUT2D eigenvalue weighted by molar-refractivity contribution is 8.93. The number of rotatable bonds is 2. The first kappa shape index (κ1) is 18.4. The number of hydrogen-bond donors (Lipinski definition) is 1. The number of aliphatic hydroxyl groups is 1. The molecule has 0 fully saturated rings. The second-order valence-electron chi connectivity index (χ2n) is 7.05. The van der Waals surface area contributed by atoms with Crippen LogP contribution < -0.4 is 0 Å². The van der Waals surface area contributed by atoms with E-state index in [0.29, 0.717) is 6.42 Å². The Bertz CT molecular complexity index is 826. The molecule has 0 aliphatic carbocycles. The van der Waals surface area contributed by atoms with Crippen molar-refractivity contribution in [1.29, 1.82) is 0 Å². The van der Waals surface area contributed by atoms with Crippen molar-refractivity contribution in [1.82, 2.24) is 9.47 Å². The first-order chi connectivity index (χ1) is 11.7. The van der Waals surface area contributed by atoms with Crippen LogP contribution in [0.25, 0.3) is 10.9 Å². The average molecular weight is 405 g/mol. The van der Waals surface area contributed by atoms with Gasteiger partial charge in [-0.05, 0) is 56.4 Å². The third-order valence-electron chi connectivity index (χ3n) is 5.86. The molecule has 2 aliphatic rings. The number of halogens is 1. The standard InChI is InChI=1S/C20H24N2O2.BrH/c1-3-13(12-23)14-10-18-20-16(8-9-21(18)2)15-6-4-5-7-17(15)22(20)19(24)11-14;/h3-7,12,14,18-19,24H,8-11H2,1-2H3;1H/b13-3-;/t14-,18+,19+;/m1./s1. The van der Waals surface area contributed by atoms with Gasteiger partial charge in [0, 0.05) is 17.6 Å². The van der Waals surface area contributed by atoms with Crippen LogP contribution in [0.5, 0.6) is 0 Å². The van der Waals surface area contributed by atoms with Crippen LogP contribution in [0.15, 0.2) is 35.9 Å². The molecule has 0 radical (unpaired) electrons. The van der Waals surface area contributed by atoms with Gasteiger partial charge in [-0.1, -0.05) is 24.3 Å². The molecule has 0 unspecified atom stereocenters. The van der Waals surface area contributed by atoms with Crippen molar-refractivity contribution in [3.63, 3.8) is 0 Å². The number of benzene rings is 1. The maximum absolute atomic E-state index is 11.5. The van der Waals surface area contributed by atoms with Crippen LogP contribution in [0.2, 0.25) is 0 Å². The minimum absolute atomic E-state index is 0. The lowest BCUT2D eigenvalue weighted by molar-refractivity contribution is -0.105. The number of allylic oxidation sites excluding steroid dienone is 2. The maximum Gasteiger partial charge on any atom is 0.145 e. The van der Waals surface area contributed by atoms with Gasteiger partial charge in [-0.25, -0.2) is 0 Å². The number of hydrogen-bond acceptors (Lipinski definition) is 3. The van der Waals surface area contributed by atoms with Gasteiger partial charge in [-0.3, -0.25) is 9.69 Å². The van der Waals surface area contributed by atoms with E-state index in [2.05, 4.69) is 34.7 Å². The minimum atomic E-state index is -0.588. The molecule has 5 heteroatoms. The molecule has 0 saturated heterocycles. The summed E-state index contributed by atoms with van der Waals surface area (Å²) < 4.78 is 2.13. The summed E-state index contributed by atoms with van der Waals surface area (Å²) in [6.45, 7) is 2.92. The summed E-state index contributed by atoms with van der Waals surface area (Å²) in [5.74, 6) is 0.0968. The van der Waals surface area contributed by atoms with E-state index in [0.717, 1.165) is 36.8 Å². The van der Waals surface area contributed by atoms with Crippen LogP contribution in [0, 0.1) is 5.92 Å². The molecule has 1 N–H and O–H groups in total. The average Bonchev–Trinajstić information content (AvgIpc) is 2.84. The van der Waals surface area contributed by atoms with Gasteiger partial charge in [0.1, 0.15) is 12.5 Å². The predicted molar refractivity (Wildman–Crippen MR) is 105 cm³/mol. The van der Waals surface area contributed by atoms with Gasteiger partial charge in [0.05, 0.1) is 11.6 Å². The summed E-state index contributed by atoms with van der Waals surface area (Å²) >= 11 is 0. The zero-order valence-electron chi connectivity index (χ0n) is 14.7. The van der Waals surface area contributed by atoms with E-state index >= 15 is 0 Å². The molecule has 4 rings (SSSR count). The van der Waals surface area contributed by atoms with Crippen LogP contribution in [0.1, 0.15) is 43.3 Å². The van der Waals surface area contributed by atoms with Gasteiger partial charge in [-0.2, -0.15) is 0 Å². The highest BCUT2D eigenvalue weighted by atomic mass is 79.9. The monoisotopic (exact) mass is 404 g/mol. The number of carbonyl (C=O) groups is 1. The zero-order chi connectivity index (χ0) is 16.8. The molecule has 3 atom stereocenters. The first-order valence-corrected chi connectivity index (χ1v) is 8.77. The lowest BCUT2D eigenvalue weighted by Gasteiger charge is -2.34. The number of likely N-dealkylation sites (N-methyl/N-ethyl adjacent to an activating group) is 1. The van der Waals surface area contributed by atoms with Crippen LogP contribution in [0.4, 0.5) is 0 Å². The van der Waals surface area contributed by atoms with Gasteiger partial charge in [-0.15, -0.1) is 17.0 Å². The Morgan fingerprint density at radius 3 is 2.76 bits per heavy atom. The molecular formula is C20H25BrN2O2. The molecule has 0 spiro atoms. The van der Waals surface area contributed by atoms with Crippen molar-refractivity contribution in [3.05, 3.63) is 47.2 Å². The molecule has 2 aromatic rings. The Kier molecular flexibility index (Phi) is 5.19. The summed E-state index contributed by atoms with van der Waals surface area (Å²) in [5.41, 5.74) is 4.55. The van der Waals surface area contributed by atoms with E-state index in [1.807, 2.05) is 19.1 Å². The van der Waals surface area contributed by atoms with E-state index in [1.165, 1.54) is 16.6 Å². The molecule has 2 aliphatic heterocycles. The zero-order valence-corrected chi connectivity index (χ0v) is 16.4. The molecule has 0 bridgehead atoms. The van der Waals surface area contributed by atoms with Crippen molar-refractivity contribution in [2.75, 3.05) is 13.6 Å². The number of fused-ring (bicyclic) bond motifs is 3. The Morgan fingerprint density at radius 1 is 1.28 bits per heavy atom. The molecule has 1 aromatic carbocycles. The molecule has 134 valence electrons. The van der Waals surface area contributed by atoms with E-state index < -0.39 is 6.23 Å². The normalized spacial score (nSPS) is 26.7. The van der Waals surface area contributed by atoms with Crippen LogP contribution in [-0.4, -0.2) is 34.5 Å². The van der Waals surface area contributed by atoms with Gasteiger partial charge in [0.25, 0.3) is 0 Å². The second-order valence-corrected chi connectivity index (χ2v) is 7.05. The number of nitrogens with zero attached hydrogens (tertiary/aromatic N) is 2. The number of aromatic nitrogens is 1. The Hall–Kier alpha value is -1.43. The van der Waals surface area contributed by atoms with Crippen molar-refractivity contribution >= 4 is 34.2 Å². The fourth-order valence-electron chi connectivity index (χ4n) is 4.64. The topological polar surface area (TPSA) is 45.5 Å². The fourth-order valence-corrected chi connectivity index (χ4v) is 4.64. The van der Waals surface area contributed by atoms with Crippen LogP contribution in [-0.2, 0) is 11.2 Å². The largest absolute Gasteiger partial charge is 0.373 e. The number of para-hydroxylation sites is 1. The maximum atomic E-state index is 11.5. The third kappa shape index (κ3) is 2.78. The Labute approximate surface area is 158 Å². The quantitative estimate of drug-likeness (QED) is 0.611. The summed E-state index contributed by atoms with van der Waals surface area (Å²) in [5, 5.41) is 12.3. The molecule has 0 saturated carbocycles. The molecule has 0 amide bonds. The van der Waals surface area contributed by atoms with Crippen LogP contribution >= 0.6 is 17.0 Å². The van der Waals surface area contributed by atoms with E-state index in [4.69, 9.17) is 0 Å². The van der Waals surface area contributed by atoms with Crippen molar-refractivity contribution < 1.29 is 9.90 Å². The fraction of sp³-hybridized carbons (Fsp3) is 0.450. The van der Waals surface area contributed by atoms with Gasteiger partial charge in [0.15, 0.2) is 0 Å². The summed E-state index contributed by atoms with van der Waals surface area (Å²) in [7, 11) is 2.15. The molecule has 3 heterocycles. The lowest BCUT2D eigenvalue weighted by Crippen LogP contribution is -2.33. The molecule has 1 aromatic heterocycles. The van der Waals surface area contributed by atoms with E-state index in [1.54, 1.807) is 0 Å². The highest BCUT2D eigenvalue weighted by Crippen LogP contribution is 2.46. The third-order valence-corrected chi connectivity index (χ3v) is 5.86. The smallest absolute Gasteiger partial charge is 0.145 e. The SMILES string of the molecule is Br.C/C=C(/C=O)[C@@H]1C[C@H]2c3c(c4ccccc4n3[C@@H](O)C1)CCN2C. The van der Waals surface area contributed by atoms with Gasteiger partial charge in [0.2, 0.25) is 0 Å². The lowest BCUT2D eigenvalue weighted by atomic mass is 9.86. The minimum Gasteiger partial charge on any atom is -0.373 e. The summed E-state index contributed by atoms with van der Waals surface area (Å²) in [6.07, 6.45) is 4.75. The van der Waals surface area contributed by atoms with Crippen molar-refractivity contribution in [3.8, 4) is 0 Å². The molecule has 25 heavy (non-hydrogen) atoms. The van der Waals surface area contributed by atoms with Crippen molar-refractivity contribution in [2.24, 2.45) is 5.92 Å². The van der Waals surface area contributed by atoms with Gasteiger partial charge >= 0.3 is 0 Å². The highest BCUT2D eigenvalue weighted by Gasteiger charge is 2.38. The van der Waals surface area contributed by atoms with Crippen LogP contribution in [0.3, 0.4) is 0 Å². The van der Waals surface area contributed by atoms with Crippen molar-refractivity contribution in [2.45, 2.75) is 38.5 Å².